The number of hydrogen-bond acceptors (Lipinski definition) is 0. The molecule has 0 radical (unpaired) electrons. The zero-order valence-corrected chi connectivity index (χ0v) is 9.32. The van der Waals surface area contributed by atoms with Crippen LogP contribution in [0.3, 0.4) is 0 Å². The minimum absolute atomic E-state index is 0.992. The first kappa shape index (κ1) is 11.5. The van der Waals surface area contributed by atoms with E-state index in [1.54, 1.807) is 6.08 Å². The highest BCUT2D eigenvalue weighted by molar-refractivity contribution is 5.24. The minimum Gasteiger partial charge on any atom is -0.0991 e. The van der Waals surface area contributed by atoms with Gasteiger partial charge in [0.2, 0.25) is 0 Å². The fraction of sp³-hybridized carbons (Fsp3) is 0.200. The molecule has 0 aliphatic heterocycles. The van der Waals surface area contributed by atoms with Crippen molar-refractivity contribution in [3.63, 3.8) is 0 Å². The number of aryl methyl sites for hydroxylation is 1. The Morgan fingerprint density at radius 2 is 1.67 bits per heavy atom. The molecule has 0 heteroatoms. The van der Waals surface area contributed by atoms with Crippen LogP contribution in [0.5, 0.6) is 0 Å². The Bertz CT molecular complexity index is 339. The lowest BCUT2D eigenvalue weighted by atomic mass is 10.1. The standard InChI is InChI=1S/C15H18/c1-3-5-6-7-8-9-15-12-10-14(4-2)11-13-15/h3,5-8,10-13H,1,4,9H2,2H3/b6-5-,8-7-. The fourth-order valence-corrected chi connectivity index (χ4v) is 1.34. The molecule has 0 amide bonds. The molecular weight excluding hydrogens is 180 g/mol. The first-order valence-corrected chi connectivity index (χ1v) is 5.39. The summed E-state index contributed by atoms with van der Waals surface area (Å²) in [7, 11) is 0. The maximum absolute atomic E-state index is 3.61. The van der Waals surface area contributed by atoms with Crippen LogP contribution in [-0.2, 0) is 12.8 Å². The van der Waals surface area contributed by atoms with Crippen molar-refractivity contribution in [2.45, 2.75) is 19.8 Å². The lowest BCUT2D eigenvalue weighted by Gasteiger charge is -1.98. The van der Waals surface area contributed by atoms with Crippen LogP contribution < -0.4 is 0 Å². The quantitative estimate of drug-likeness (QED) is 0.625. The summed E-state index contributed by atoms with van der Waals surface area (Å²) in [6.45, 7) is 5.79. The Morgan fingerprint density at radius 3 is 2.27 bits per heavy atom. The summed E-state index contributed by atoms with van der Waals surface area (Å²) in [4.78, 5) is 0. The molecule has 78 valence electrons. The van der Waals surface area contributed by atoms with Crippen molar-refractivity contribution >= 4 is 0 Å². The van der Waals surface area contributed by atoms with Gasteiger partial charge in [0.15, 0.2) is 0 Å². The van der Waals surface area contributed by atoms with E-state index in [9.17, 15) is 0 Å². The Hall–Kier alpha value is -1.56. The lowest BCUT2D eigenvalue weighted by molar-refractivity contribution is 1.13. The van der Waals surface area contributed by atoms with Crippen LogP contribution in [0.15, 0.2) is 61.2 Å². The van der Waals surface area contributed by atoms with E-state index < -0.39 is 0 Å². The van der Waals surface area contributed by atoms with Crippen LogP contribution in [-0.4, -0.2) is 0 Å². The third-order valence-electron chi connectivity index (χ3n) is 2.28. The van der Waals surface area contributed by atoms with Crippen LogP contribution >= 0.6 is 0 Å². The molecule has 0 nitrogen and oxygen atoms in total. The zero-order valence-electron chi connectivity index (χ0n) is 9.32. The van der Waals surface area contributed by atoms with Gasteiger partial charge in [-0.05, 0) is 24.0 Å². The Morgan fingerprint density at radius 1 is 1.00 bits per heavy atom. The predicted molar refractivity (Wildman–Crippen MR) is 68.0 cm³/mol. The molecule has 0 spiro atoms. The molecular formula is C15H18. The van der Waals surface area contributed by atoms with Gasteiger partial charge in [-0.1, -0.05) is 68.1 Å². The van der Waals surface area contributed by atoms with Crippen molar-refractivity contribution in [3.05, 3.63) is 72.4 Å². The van der Waals surface area contributed by atoms with Gasteiger partial charge in [-0.25, -0.2) is 0 Å². The van der Waals surface area contributed by atoms with Crippen LogP contribution in [0.1, 0.15) is 18.1 Å². The Balaban J connectivity index is 2.47. The van der Waals surface area contributed by atoms with Crippen molar-refractivity contribution in [2.75, 3.05) is 0 Å². The van der Waals surface area contributed by atoms with Crippen molar-refractivity contribution in [1.82, 2.24) is 0 Å². The lowest BCUT2D eigenvalue weighted by Crippen LogP contribution is -1.83. The fourth-order valence-electron chi connectivity index (χ4n) is 1.34. The smallest absolute Gasteiger partial charge is 0.00943 e. The maximum Gasteiger partial charge on any atom is -0.00943 e. The topological polar surface area (TPSA) is 0 Å². The van der Waals surface area contributed by atoms with Gasteiger partial charge < -0.3 is 0 Å². The maximum atomic E-state index is 3.61. The second-order valence-electron chi connectivity index (χ2n) is 3.42. The van der Waals surface area contributed by atoms with Crippen molar-refractivity contribution < 1.29 is 0 Å². The molecule has 0 bridgehead atoms. The highest BCUT2D eigenvalue weighted by Gasteiger charge is 1.89. The second kappa shape index (κ2) is 6.83. The summed E-state index contributed by atoms with van der Waals surface area (Å²) in [5, 5.41) is 0. The van der Waals surface area contributed by atoms with E-state index in [0.717, 1.165) is 12.8 Å². The van der Waals surface area contributed by atoms with Crippen molar-refractivity contribution in [2.24, 2.45) is 0 Å². The van der Waals surface area contributed by atoms with Crippen LogP contribution in [0.25, 0.3) is 0 Å². The van der Waals surface area contributed by atoms with Gasteiger partial charge in [0.1, 0.15) is 0 Å². The third-order valence-corrected chi connectivity index (χ3v) is 2.28. The van der Waals surface area contributed by atoms with E-state index >= 15 is 0 Å². The summed E-state index contributed by atoms with van der Waals surface area (Å²) in [5.74, 6) is 0. The average molecular weight is 198 g/mol. The van der Waals surface area contributed by atoms with Crippen molar-refractivity contribution in [1.29, 1.82) is 0 Å². The van der Waals surface area contributed by atoms with Crippen LogP contribution in [0.4, 0.5) is 0 Å². The molecule has 0 N–H and O–H groups in total. The molecule has 0 fully saturated rings. The number of allylic oxidation sites excluding steroid dienone is 5. The van der Waals surface area contributed by atoms with E-state index in [-0.39, 0.29) is 0 Å². The Labute approximate surface area is 92.6 Å². The molecule has 0 aliphatic carbocycles. The minimum atomic E-state index is 0.992. The first-order chi connectivity index (χ1) is 7.36. The van der Waals surface area contributed by atoms with Gasteiger partial charge in [-0.2, -0.15) is 0 Å². The summed E-state index contributed by atoms with van der Waals surface area (Å²) in [6, 6.07) is 8.78. The molecule has 0 aromatic heterocycles. The molecule has 1 rings (SSSR count). The van der Waals surface area contributed by atoms with Crippen LogP contribution in [0.2, 0.25) is 0 Å². The SMILES string of the molecule is C=C/C=C\C=C/Cc1ccc(CC)cc1. The molecule has 15 heavy (non-hydrogen) atoms. The first-order valence-electron chi connectivity index (χ1n) is 5.39. The zero-order chi connectivity index (χ0) is 10.9. The summed E-state index contributed by atoms with van der Waals surface area (Å²) in [6.07, 6.45) is 12.0. The summed E-state index contributed by atoms with van der Waals surface area (Å²) in [5.41, 5.74) is 2.75. The predicted octanol–water partition coefficient (Wildman–Crippen LogP) is 4.09. The second-order valence-corrected chi connectivity index (χ2v) is 3.42. The van der Waals surface area contributed by atoms with Crippen molar-refractivity contribution in [3.8, 4) is 0 Å². The third kappa shape index (κ3) is 4.46. The molecule has 0 saturated carbocycles. The van der Waals surface area contributed by atoms with E-state index in [4.69, 9.17) is 0 Å². The van der Waals surface area contributed by atoms with Crippen LogP contribution in [0, 0.1) is 0 Å². The normalized spacial score (nSPS) is 11.3. The summed E-state index contributed by atoms with van der Waals surface area (Å²) < 4.78 is 0. The molecule has 1 aromatic carbocycles. The molecule has 1 aromatic rings. The highest BCUT2D eigenvalue weighted by Crippen LogP contribution is 2.06. The highest BCUT2D eigenvalue weighted by atomic mass is 14.0. The molecule has 0 saturated heterocycles. The van der Waals surface area contributed by atoms with Gasteiger partial charge in [0, 0.05) is 0 Å². The largest absolute Gasteiger partial charge is 0.0991 e. The number of hydrogen-bond donors (Lipinski definition) is 0. The van der Waals surface area contributed by atoms with E-state index in [2.05, 4.69) is 49.9 Å². The molecule has 0 heterocycles. The molecule has 0 unspecified atom stereocenters. The van der Waals surface area contributed by atoms with Gasteiger partial charge in [0.05, 0.1) is 0 Å². The van der Waals surface area contributed by atoms with Gasteiger partial charge >= 0.3 is 0 Å². The Kier molecular flexibility index (Phi) is 5.24. The van der Waals surface area contributed by atoms with E-state index in [1.165, 1.54) is 11.1 Å². The van der Waals surface area contributed by atoms with Gasteiger partial charge in [0.25, 0.3) is 0 Å². The monoisotopic (exact) mass is 198 g/mol. The van der Waals surface area contributed by atoms with Gasteiger partial charge in [-0.3, -0.25) is 0 Å². The molecule has 0 atom stereocenters. The van der Waals surface area contributed by atoms with Gasteiger partial charge in [-0.15, -0.1) is 0 Å². The van der Waals surface area contributed by atoms with E-state index in [1.807, 2.05) is 12.2 Å². The number of rotatable bonds is 5. The molecule has 0 aliphatic rings. The summed E-state index contributed by atoms with van der Waals surface area (Å²) >= 11 is 0. The average Bonchev–Trinajstić information content (AvgIpc) is 2.30. The number of benzene rings is 1. The van der Waals surface area contributed by atoms with E-state index in [0.29, 0.717) is 0 Å².